The second kappa shape index (κ2) is 6.63. The summed E-state index contributed by atoms with van der Waals surface area (Å²) in [6.45, 7) is 6.83. The van der Waals surface area contributed by atoms with Crippen LogP contribution >= 0.6 is 22.6 Å². The van der Waals surface area contributed by atoms with Crippen molar-refractivity contribution in [2.75, 3.05) is 5.32 Å². The fourth-order valence-corrected chi connectivity index (χ4v) is 3.66. The SMILES string of the molecule is CC(C)(C)C1CCC(C(=O)Nc2ccc(F)cc2I)CC1. The number of carbonyl (C=O) groups excluding carboxylic acids is 1. The van der Waals surface area contributed by atoms with E-state index in [9.17, 15) is 9.18 Å². The Kier molecular flexibility index (Phi) is 5.28. The summed E-state index contributed by atoms with van der Waals surface area (Å²) in [5.74, 6) is 0.590. The molecule has 1 aliphatic carbocycles. The quantitative estimate of drug-likeness (QED) is 0.674. The van der Waals surface area contributed by atoms with Crippen LogP contribution in [0.5, 0.6) is 0 Å². The van der Waals surface area contributed by atoms with Gasteiger partial charge in [0.1, 0.15) is 5.82 Å². The average molecular weight is 403 g/mol. The molecule has 2 nitrogen and oxygen atoms in total. The van der Waals surface area contributed by atoms with Gasteiger partial charge in [-0.25, -0.2) is 4.39 Å². The van der Waals surface area contributed by atoms with Crippen LogP contribution in [0.3, 0.4) is 0 Å². The molecule has 0 unspecified atom stereocenters. The van der Waals surface area contributed by atoms with E-state index in [1.165, 1.54) is 12.1 Å². The van der Waals surface area contributed by atoms with E-state index in [-0.39, 0.29) is 17.6 Å². The Labute approximate surface area is 140 Å². The molecule has 0 aromatic heterocycles. The first-order valence-corrected chi connectivity index (χ1v) is 8.61. The Hall–Kier alpha value is -0.650. The highest BCUT2D eigenvalue weighted by Crippen LogP contribution is 2.40. The molecule has 1 N–H and O–H groups in total. The van der Waals surface area contributed by atoms with Crippen molar-refractivity contribution in [2.45, 2.75) is 46.5 Å². The normalized spacial score (nSPS) is 22.9. The Morgan fingerprint density at radius 1 is 1.24 bits per heavy atom. The highest BCUT2D eigenvalue weighted by Gasteiger charge is 2.32. The lowest BCUT2D eigenvalue weighted by atomic mass is 9.69. The number of hydrogen-bond donors (Lipinski definition) is 1. The van der Waals surface area contributed by atoms with Crippen molar-refractivity contribution in [3.05, 3.63) is 27.6 Å². The Bertz CT molecular complexity index is 516. The third kappa shape index (κ3) is 4.41. The molecule has 1 aromatic rings. The molecular formula is C17H23FINO. The predicted octanol–water partition coefficient (Wildman–Crippen LogP) is 5.22. The highest BCUT2D eigenvalue weighted by atomic mass is 127. The van der Waals surface area contributed by atoms with Crippen LogP contribution in [0.2, 0.25) is 0 Å². The minimum absolute atomic E-state index is 0.0758. The number of rotatable bonds is 2. The van der Waals surface area contributed by atoms with Gasteiger partial charge in [-0.3, -0.25) is 4.79 Å². The second-order valence-electron chi connectivity index (χ2n) is 7.03. The lowest BCUT2D eigenvalue weighted by Gasteiger charge is -2.36. The van der Waals surface area contributed by atoms with Gasteiger partial charge in [0, 0.05) is 9.49 Å². The number of hydrogen-bond acceptors (Lipinski definition) is 1. The standard InChI is InChI=1S/C17H23FINO/c1-17(2,3)12-6-4-11(5-7-12)16(21)20-15-9-8-13(18)10-14(15)19/h8-12H,4-7H2,1-3H3,(H,20,21). The van der Waals surface area contributed by atoms with E-state index in [0.717, 1.165) is 29.3 Å². The van der Waals surface area contributed by atoms with Crippen molar-refractivity contribution >= 4 is 34.2 Å². The van der Waals surface area contributed by atoms with Crippen LogP contribution in [0.15, 0.2) is 18.2 Å². The molecule has 4 heteroatoms. The number of carbonyl (C=O) groups is 1. The van der Waals surface area contributed by atoms with Gasteiger partial charge in [0.25, 0.3) is 0 Å². The van der Waals surface area contributed by atoms with E-state index in [4.69, 9.17) is 0 Å². The number of amides is 1. The zero-order valence-corrected chi connectivity index (χ0v) is 15.0. The van der Waals surface area contributed by atoms with Gasteiger partial charge >= 0.3 is 0 Å². The first kappa shape index (κ1) is 16.7. The summed E-state index contributed by atoms with van der Waals surface area (Å²) in [5.41, 5.74) is 1.04. The van der Waals surface area contributed by atoms with Crippen LogP contribution in [0.1, 0.15) is 46.5 Å². The topological polar surface area (TPSA) is 29.1 Å². The summed E-state index contributed by atoms with van der Waals surface area (Å²) >= 11 is 2.05. The first-order chi connectivity index (χ1) is 9.77. The number of benzene rings is 1. The van der Waals surface area contributed by atoms with Gasteiger partial charge in [0.15, 0.2) is 0 Å². The second-order valence-corrected chi connectivity index (χ2v) is 8.19. The van der Waals surface area contributed by atoms with Crippen molar-refractivity contribution in [1.82, 2.24) is 0 Å². The van der Waals surface area contributed by atoms with Gasteiger partial charge in [-0.15, -0.1) is 0 Å². The molecule has 0 heterocycles. The molecule has 1 aromatic carbocycles. The van der Waals surface area contributed by atoms with E-state index in [1.807, 2.05) is 22.6 Å². The van der Waals surface area contributed by atoms with E-state index >= 15 is 0 Å². The van der Waals surface area contributed by atoms with E-state index in [2.05, 4.69) is 26.1 Å². The molecule has 0 atom stereocenters. The van der Waals surface area contributed by atoms with Gasteiger partial charge in [0.05, 0.1) is 5.69 Å². The molecule has 1 amide bonds. The van der Waals surface area contributed by atoms with Crippen molar-refractivity contribution in [3.8, 4) is 0 Å². The fraction of sp³-hybridized carbons (Fsp3) is 0.588. The van der Waals surface area contributed by atoms with Crippen LogP contribution in [0, 0.1) is 26.6 Å². The van der Waals surface area contributed by atoms with E-state index < -0.39 is 0 Å². The van der Waals surface area contributed by atoms with E-state index in [1.54, 1.807) is 6.07 Å². The first-order valence-electron chi connectivity index (χ1n) is 7.53. The Morgan fingerprint density at radius 2 is 1.86 bits per heavy atom. The van der Waals surface area contributed by atoms with Crippen molar-refractivity contribution in [1.29, 1.82) is 0 Å². The smallest absolute Gasteiger partial charge is 0.227 e. The molecule has 1 saturated carbocycles. The fourth-order valence-electron chi connectivity index (χ4n) is 3.05. The van der Waals surface area contributed by atoms with Crippen molar-refractivity contribution in [3.63, 3.8) is 0 Å². The molecule has 0 spiro atoms. The summed E-state index contributed by atoms with van der Waals surface area (Å²) in [4.78, 5) is 12.4. The lowest BCUT2D eigenvalue weighted by Crippen LogP contribution is -2.31. The molecule has 0 radical (unpaired) electrons. The molecule has 1 fully saturated rings. The molecule has 0 saturated heterocycles. The zero-order chi connectivity index (χ0) is 15.6. The number of anilines is 1. The maximum atomic E-state index is 13.1. The van der Waals surface area contributed by atoms with Crippen molar-refractivity contribution < 1.29 is 9.18 Å². The summed E-state index contributed by atoms with van der Waals surface area (Å²) in [6, 6.07) is 4.46. The number of nitrogens with one attached hydrogen (secondary N) is 1. The van der Waals surface area contributed by atoms with Crippen LogP contribution in [-0.2, 0) is 4.79 Å². The van der Waals surface area contributed by atoms with E-state index in [0.29, 0.717) is 17.0 Å². The van der Waals surface area contributed by atoms with Gasteiger partial charge in [-0.2, -0.15) is 0 Å². The third-order valence-corrected chi connectivity index (χ3v) is 5.40. The monoisotopic (exact) mass is 403 g/mol. The molecule has 2 rings (SSSR count). The van der Waals surface area contributed by atoms with Crippen LogP contribution in [-0.4, -0.2) is 5.91 Å². The molecule has 0 bridgehead atoms. The lowest BCUT2D eigenvalue weighted by molar-refractivity contribution is -0.121. The highest BCUT2D eigenvalue weighted by molar-refractivity contribution is 14.1. The minimum Gasteiger partial charge on any atom is -0.325 e. The van der Waals surface area contributed by atoms with Crippen LogP contribution in [0.4, 0.5) is 10.1 Å². The number of halogens is 2. The Balaban J connectivity index is 1.93. The largest absolute Gasteiger partial charge is 0.325 e. The average Bonchev–Trinajstić information content (AvgIpc) is 2.41. The van der Waals surface area contributed by atoms with Gasteiger partial charge in [-0.1, -0.05) is 20.8 Å². The third-order valence-electron chi connectivity index (χ3n) is 4.51. The van der Waals surface area contributed by atoms with Gasteiger partial charge in [0.2, 0.25) is 5.91 Å². The molecule has 0 aliphatic heterocycles. The zero-order valence-electron chi connectivity index (χ0n) is 12.9. The molecule has 116 valence electrons. The summed E-state index contributed by atoms with van der Waals surface area (Å²) in [6.07, 6.45) is 4.13. The van der Waals surface area contributed by atoms with Crippen LogP contribution in [0.25, 0.3) is 0 Å². The maximum absolute atomic E-state index is 13.1. The summed E-state index contributed by atoms with van der Waals surface area (Å²) in [5, 5.41) is 2.95. The van der Waals surface area contributed by atoms with Crippen LogP contribution < -0.4 is 5.32 Å². The summed E-state index contributed by atoms with van der Waals surface area (Å²) in [7, 11) is 0. The molecule has 21 heavy (non-hydrogen) atoms. The summed E-state index contributed by atoms with van der Waals surface area (Å²) < 4.78 is 13.8. The van der Waals surface area contributed by atoms with Gasteiger partial charge in [-0.05, 0) is 77.8 Å². The van der Waals surface area contributed by atoms with Gasteiger partial charge < -0.3 is 5.32 Å². The Morgan fingerprint density at radius 3 is 2.38 bits per heavy atom. The minimum atomic E-state index is -0.275. The molecular weight excluding hydrogens is 380 g/mol. The maximum Gasteiger partial charge on any atom is 0.227 e. The molecule has 1 aliphatic rings. The predicted molar refractivity (Wildman–Crippen MR) is 92.6 cm³/mol. The van der Waals surface area contributed by atoms with Crippen molar-refractivity contribution in [2.24, 2.45) is 17.3 Å².